The molecule has 0 N–H and O–H groups in total. The summed E-state index contributed by atoms with van der Waals surface area (Å²) < 4.78 is 41.3. The van der Waals surface area contributed by atoms with Crippen molar-refractivity contribution in [2.75, 3.05) is 6.61 Å². The van der Waals surface area contributed by atoms with Crippen molar-refractivity contribution in [3.8, 4) is 5.75 Å². The van der Waals surface area contributed by atoms with E-state index in [1.807, 2.05) is 18.2 Å². The number of unbranched alkanes of at least 4 members (excludes halogenated alkanes) is 1. The molecule has 2 fully saturated rings. The monoisotopic (exact) mass is 580 g/mol. The Morgan fingerprint density at radius 1 is 1.02 bits per heavy atom. The van der Waals surface area contributed by atoms with Crippen molar-refractivity contribution < 1.29 is 17.9 Å². The summed E-state index contributed by atoms with van der Waals surface area (Å²) in [6.07, 6.45) is 6.24. The quantitative estimate of drug-likeness (QED) is 0.217. The van der Waals surface area contributed by atoms with Crippen molar-refractivity contribution in [3.63, 3.8) is 0 Å². The molecule has 2 saturated carbocycles. The van der Waals surface area contributed by atoms with Crippen LogP contribution >= 0.6 is 0 Å². The summed E-state index contributed by atoms with van der Waals surface area (Å²) in [4.78, 5) is 0. The Balaban J connectivity index is 1.27. The third kappa shape index (κ3) is 6.22. The summed E-state index contributed by atoms with van der Waals surface area (Å²) in [5, 5.41) is 0.210. The lowest BCUT2D eigenvalue weighted by Crippen LogP contribution is -2.42. The minimum Gasteiger partial charge on any atom is -0.489 e. The topological polar surface area (TPSA) is 18.5 Å². The summed E-state index contributed by atoms with van der Waals surface area (Å²) in [5.41, 5.74) is 4.11. The molecule has 2 aromatic rings. The third-order valence-electron chi connectivity index (χ3n) is 11.3. The first-order valence-corrected chi connectivity index (χ1v) is 18.8. The van der Waals surface area contributed by atoms with Gasteiger partial charge in [0.1, 0.15) is 12.4 Å². The Hall–Kier alpha value is -1.98. The van der Waals surface area contributed by atoms with E-state index in [1.54, 1.807) is 0 Å². The van der Waals surface area contributed by atoms with Crippen LogP contribution in [-0.2, 0) is 17.5 Å². The van der Waals surface area contributed by atoms with Gasteiger partial charge in [-0.2, -0.15) is 8.78 Å². The van der Waals surface area contributed by atoms with Gasteiger partial charge in [0.05, 0.1) is 0 Å². The van der Waals surface area contributed by atoms with Gasteiger partial charge < -0.3 is 9.16 Å². The van der Waals surface area contributed by atoms with Gasteiger partial charge in [-0.1, -0.05) is 70.5 Å². The number of allylic oxidation sites excluding steroid dienone is 1. The van der Waals surface area contributed by atoms with E-state index in [9.17, 15) is 8.78 Å². The SMILES string of the molecule is CC(C)(C)[Si](C)(C)OCCCCC1CC(=C(F)F)[C@@]2(C)CC[C@@H]3c4ccc(OCc5ccccc5)cc4CC[C@H]3[C@H]12. The lowest BCUT2D eigenvalue weighted by atomic mass is 9.53. The zero-order chi connectivity index (χ0) is 29.4. The molecular weight excluding hydrogens is 530 g/mol. The van der Waals surface area contributed by atoms with Gasteiger partial charge in [-0.05, 0) is 121 Å². The zero-order valence-corrected chi connectivity index (χ0v) is 27.1. The maximum atomic E-state index is 14.4. The van der Waals surface area contributed by atoms with Crippen LogP contribution in [0.4, 0.5) is 8.78 Å². The maximum absolute atomic E-state index is 14.4. The molecule has 0 aromatic heterocycles. The molecule has 1 unspecified atom stereocenters. The van der Waals surface area contributed by atoms with Crippen molar-refractivity contribution in [1.82, 2.24) is 0 Å². The number of aryl methyl sites for hydroxylation is 1. The highest BCUT2D eigenvalue weighted by molar-refractivity contribution is 6.74. The van der Waals surface area contributed by atoms with Crippen LogP contribution in [0, 0.1) is 23.2 Å². The molecule has 0 saturated heterocycles. The fourth-order valence-electron chi connectivity index (χ4n) is 8.11. The molecule has 0 heterocycles. The van der Waals surface area contributed by atoms with E-state index in [2.05, 4.69) is 71.1 Å². The number of hydrogen-bond acceptors (Lipinski definition) is 2. The summed E-state index contributed by atoms with van der Waals surface area (Å²) >= 11 is 0. The van der Waals surface area contributed by atoms with Crippen LogP contribution in [0.25, 0.3) is 0 Å². The Kier molecular flexibility index (Phi) is 8.88. The Morgan fingerprint density at radius 2 is 1.78 bits per heavy atom. The van der Waals surface area contributed by atoms with Gasteiger partial charge in [-0.15, -0.1) is 0 Å². The lowest BCUT2D eigenvalue weighted by Gasteiger charge is -2.51. The fraction of sp³-hybridized carbons (Fsp3) is 0.611. The van der Waals surface area contributed by atoms with Crippen LogP contribution in [0.2, 0.25) is 18.1 Å². The minimum atomic E-state index is -1.75. The van der Waals surface area contributed by atoms with E-state index in [0.717, 1.165) is 57.3 Å². The van der Waals surface area contributed by atoms with Crippen LogP contribution in [-0.4, -0.2) is 14.9 Å². The van der Waals surface area contributed by atoms with Gasteiger partial charge in [0.25, 0.3) is 6.08 Å². The molecule has 224 valence electrons. The molecule has 2 nitrogen and oxygen atoms in total. The van der Waals surface area contributed by atoms with Gasteiger partial charge in [-0.3, -0.25) is 0 Å². The third-order valence-corrected chi connectivity index (χ3v) is 15.9. The molecule has 3 aliphatic rings. The number of rotatable bonds is 9. The average Bonchev–Trinajstić information content (AvgIpc) is 3.24. The van der Waals surface area contributed by atoms with Gasteiger partial charge in [0.2, 0.25) is 0 Å². The van der Waals surface area contributed by atoms with Gasteiger partial charge >= 0.3 is 0 Å². The van der Waals surface area contributed by atoms with Crippen LogP contribution in [0.1, 0.15) is 95.2 Å². The summed E-state index contributed by atoms with van der Waals surface area (Å²) in [5.74, 6) is 2.54. The van der Waals surface area contributed by atoms with Crippen molar-refractivity contribution in [1.29, 1.82) is 0 Å². The molecule has 3 aliphatic carbocycles. The van der Waals surface area contributed by atoms with E-state index >= 15 is 0 Å². The number of hydrogen-bond donors (Lipinski definition) is 0. The second-order valence-electron chi connectivity index (χ2n) is 14.7. The number of ether oxygens (including phenoxy) is 1. The number of benzene rings is 2. The first kappa shape index (κ1) is 30.5. The fourth-order valence-corrected chi connectivity index (χ4v) is 9.20. The molecule has 0 aliphatic heterocycles. The Bertz CT molecular complexity index is 1230. The minimum absolute atomic E-state index is 0.210. The largest absolute Gasteiger partial charge is 0.489 e. The van der Waals surface area contributed by atoms with Crippen molar-refractivity contribution in [2.24, 2.45) is 23.2 Å². The van der Waals surface area contributed by atoms with E-state index in [4.69, 9.17) is 9.16 Å². The predicted molar refractivity (Wildman–Crippen MR) is 167 cm³/mol. The summed E-state index contributed by atoms with van der Waals surface area (Å²) in [6, 6.07) is 16.9. The molecular formula is C36H50F2O2Si. The van der Waals surface area contributed by atoms with Crippen LogP contribution < -0.4 is 4.74 Å². The Labute approximate surface area is 248 Å². The predicted octanol–water partition coefficient (Wildman–Crippen LogP) is 10.7. The van der Waals surface area contributed by atoms with Crippen LogP contribution in [0.15, 0.2) is 60.2 Å². The zero-order valence-electron chi connectivity index (χ0n) is 26.1. The van der Waals surface area contributed by atoms with Gasteiger partial charge in [0, 0.05) is 12.2 Å². The molecule has 2 aromatic carbocycles. The van der Waals surface area contributed by atoms with Crippen LogP contribution in [0.5, 0.6) is 5.75 Å². The second kappa shape index (κ2) is 12.0. The maximum Gasteiger partial charge on any atom is 0.270 e. The Morgan fingerprint density at radius 3 is 2.49 bits per heavy atom. The normalized spacial score (nSPS) is 27.7. The molecule has 0 bridgehead atoms. The first-order chi connectivity index (χ1) is 19.4. The van der Waals surface area contributed by atoms with Crippen molar-refractivity contribution in [3.05, 3.63) is 76.9 Å². The summed E-state index contributed by atoms with van der Waals surface area (Å²) in [7, 11) is -1.75. The molecule has 5 atom stereocenters. The number of halogens is 2. The molecule has 5 heteroatoms. The highest BCUT2D eigenvalue weighted by Crippen LogP contribution is 2.66. The van der Waals surface area contributed by atoms with Gasteiger partial charge in [0.15, 0.2) is 8.32 Å². The van der Waals surface area contributed by atoms with E-state index < -0.39 is 14.4 Å². The highest BCUT2D eigenvalue weighted by atomic mass is 28.4. The van der Waals surface area contributed by atoms with E-state index in [0.29, 0.717) is 42.3 Å². The van der Waals surface area contributed by atoms with Crippen molar-refractivity contribution in [2.45, 2.75) is 110 Å². The molecule has 5 rings (SSSR count). The standard InChI is InChI=1S/C36H50F2O2Si/c1-35(2,3)41(5,6)40-21-11-10-14-27-23-32(34(37)38)36(4)20-19-30-29-18-16-28(39-24-25-12-8-7-9-13-25)22-26(29)15-17-31(30)33(27)36/h7-9,12-13,16,18,22,27,30-31,33H,10-11,14-15,17,19-21,23-24H2,1-6H3/t27?,30-,31-,33+,36-/m1/s1. The van der Waals surface area contributed by atoms with Crippen LogP contribution in [0.3, 0.4) is 0 Å². The summed E-state index contributed by atoms with van der Waals surface area (Å²) in [6.45, 7) is 15.0. The number of fused-ring (bicyclic) bond motifs is 5. The second-order valence-corrected chi connectivity index (χ2v) is 19.5. The lowest BCUT2D eigenvalue weighted by molar-refractivity contribution is 0.0447. The van der Waals surface area contributed by atoms with E-state index in [1.165, 1.54) is 16.7 Å². The van der Waals surface area contributed by atoms with Crippen molar-refractivity contribution >= 4 is 8.32 Å². The molecule has 0 radical (unpaired) electrons. The highest BCUT2D eigenvalue weighted by Gasteiger charge is 2.57. The molecule has 0 amide bonds. The molecule has 0 spiro atoms. The molecule has 41 heavy (non-hydrogen) atoms. The van der Waals surface area contributed by atoms with Gasteiger partial charge in [-0.25, -0.2) is 0 Å². The van der Waals surface area contributed by atoms with E-state index in [-0.39, 0.29) is 10.5 Å². The first-order valence-electron chi connectivity index (χ1n) is 15.9. The smallest absolute Gasteiger partial charge is 0.270 e. The average molecular weight is 581 g/mol.